The van der Waals surface area contributed by atoms with E-state index in [1.165, 1.54) is 6.20 Å². The van der Waals surface area contributed by atoms with Gasteiger partial charge < -0.3 is 0 Å². The topological polar surface area (TPSA) is 73.0 Å². The summed E-state index contributed by atoms with van der Waals surface area (Å²) in [5.41, 5.74) is 0.820. The van der Waals surface area contributed by atoms with Crippen LogP contribution in [0.25, 0.3) is 0 Å². The molecule has 0 aromatic carbocycles. The zero-order valence-electron chi connectivity index (χ0n) is 13.6. The highest BCUT2D eigenvalue weighted by molar-refractivity contribution is 7.89. The Hall–Kier alpha value is -1.67. The summed E-state index contributed by atoms with van der Waals surface area (Å²) in [5.74, 6) is 0. The largest absolute Gasteiger partial charge is 0.275 e. The fourth-order valence-corrected chi connectivity index (χ4v) is 4.69. The van der Waals surface area contributed by atoms with Gasteiger partial charge in [-0.2, -0.15) is 14.5 Å². The van der Waals surface area contributed by atoms with Gasteiger partial charge in [-0.3, -0.25) is 9.36 Å². The van der Waals surface area contributed by atoms with Crippen LogP contribution in [0, 0.1) is 0 Å². The van der Waals surface area contributed by atoms with Crippen molar-refractivity contribution in [1.82, 2.24) is 23.9 Å². The van der Waals surface area contributed by atoms with E-state index in [0.717, 1.165) is 31.4 Å². The van der Waals surface area contributed by atoms with E-state index >= 15 is 0 Å². The highest BCUT2D eigenvalue weighted by Crippen LogP contribution is 2.33. The number of hydrogen-bond donors (Lipinski definition) is 0. The number of hydrogen-bond acceptors (Lipinski definition) is 4. The molecule has 0 N–H and O–H groups in total. The van der Waals surface area contributed by atoms with E-state index in [2.05, 4.69) is 10.2 Å². The summed E-state index contributed by atoms with van der Waals surface area (Å²) in [6, 6.07) is 1.71. The van der Waals surface area contributed by atoms with Gasteiger partial charge in [-0.25, -0.2) is 8.42 Å². The third-order valence-electron chi connectivity index (χ3n) is 4.32. The lowest BCUT2D eigenvalue weighted by atomic mass is 10.1. The van der Waals surface area contributed by atoms with Crippen LogP contribution in [0.1, 0.15) is 44.3 Å². The van der Waals surface area contributed by atoms with Crippen molar-refractivity contribution in [2.75, 3.05) is 6.54 Å². The second-order valence-corrected chi connectivity index (χ2v) is 7.82. The fraction of sp³-hybridized carbons (Fsp3) is 0.600. The summed E-state index contributed by atoms with van der Waals surface area (Å²) >= 11 is 0. The van der Waals surface area contributed by atoms with E-state index in [4.69, 9.17) is 0 Å². The van der Waals surface area contributed by atoms with Crippen LogP contribution in [0.4, 0.5) is 0 Å². The molecular weight excluding hydrogens is 314 g/mol. The first-order valence-corrected chi connectivity index (χ1v) is 9.50. The minimum absolute atomic E-state index is 0.200. The van der Waals surface area contributed by atoms with E-state index in [1.807, 2.05) is 26.2 Å². The highest BCUT2D eigenvalue weighted by atomic mass is 32.2. The van der Waals surface area contributed by atoms with Crippen molar-refractivity contribution < 1.29 is 8.42 Å². The lowest BCUT2D eigenvalue weighted by molar-refractivity contribution is 0.321. The molecule has 23 heavy (non-hydrogen) atoms. The molecule has 2 aromatic heterocycles. The van der Waals surface area contributed by atoms with E-state index in [0.29, 0.717) is 13.1 Å². The van der Waals surface area contributed by atoms with Crippen LogP contribution in [0.3, 0.4) is 0 Å². The van der Waals surface area contributed by atoms with Crippen LogP contribution in [-0.2, 0) is 23.6 Å². The smallest absolute Gasteiger partial charge is 0.246 e. The normalized spacial score (nSPS) is 20.5. The number of nitrogens with zero attached hydrogens (tertiary/aromatic N) is 5. The highest BCUT2D eigenvalue weighted by Gasteiger charge is 2.35. The molecule has 0 spiro atoms. The quantitative estimate of drug-likeness (QED) is 0.855. The minimum atomic E-state index is -3.56. The molecule has 1 atom stereocenters. The summed E-state index contributed by atoms with van der Waals surface area (Å²) in [7, 11) is -1.71. The van der Waals surface area contributed by atoms with Gasteiger partial charge in [0, 0.05) is 32.5 Å². The van der Waals surface area contributed by atoms with Crippen molar-refractivity contribution in [3.8, 4) is 0 Å². The van der Waals surface area contributed by atoms with Crippen molar-refractivity contribution in [2.45, 2.75) is 50.1 Å². The van der Waals surface area contributed by atoms with E-state index in [9.17, 15) is 8.42 Å². The summed E-state index contributed by atoms with van der Waals surface area (Å²) in [6.07, 6.45) is 8.66. The SMILES string of the molecule is CCn1cc(S(=O)(=O)N2CCCCC[C@@H]2c2ccn(C)n2)cn1. The summed E-state index contributed by atoms with van der Waals surface area (Å²) in [6.45, 7) is 3.12. The first-order valence-electron chi connectivity index (χ1n) is 8.06. The van der Waals surface area contributed by atoms with Crippen molar-refractivity contribution in [3.05, 3.63) is 30.4 Å². The Kier molecular flexibility index (Phi) is 4.54. The molecule has 0 unspecified atom stereocenters. The average molecular weight is 337 g/mol. The number of sulfonamides is 1. The second kappa shape index (κ2) is 6.45. The van der Waals surface area contributed by atoms with Crippen LogP contribution >= 0.6 is 0 Å². The maximum Gasteiger partial charge on any atom is 0.246 e. The Morgan fingerprint density at radius 3 is 2.78 bits per heavy atom. The Morgan fingerprint density at radius 1 is 1.30 bits per heavy atom. The predicted molar refractivity (Wildman–Crippen MR) is 86.2 cm³/mol. The van der Waals surface area contributed by atoms with Crippen molar-refractivity contribution in [2.24, 2.45) is 7.05 Å². The van der Waals surface area contributed by atoms with Crippen molar-refractivity contribution >= 4 is 10.0 Å². The lowest BCUT2D eigenvalue weighted by Crippen LogP contribution is -2.35. The van der Waals surface area contributed by atoms with Gasteiger partial charge in [0.2, 0.25) is 10.0 Å². The summed E-state index contributed by atoms with van der Waals surface area (Å²) in [5, 5.41) is 8.56. The zero-order chi connectivity index (χ0) is 16.4. The molecule has 0 radical (unpaired) electrons. The van der Waals surface area contributed by atoms with Crippen molar-refractivity contribution in [1.29, 1.82) is 0 Å². The van der Waals surface area contributed by atoms with Gasteiger partial charge in [-0.05, 0) is 25.8 Å². The number of aryl methyl sites for hydroxylation is 2. The van der Waals surface area contributed by atoms with Crippen LogP contribution < -0.4 is 0 Å². The van der Waals surface area contributed by atoms with Gasteiger partial charge in [0.05, 0.1) is 17.9 Å². The molecule has 8 heteroatoms. The molecule has 126 valence electrons. The number of rotatable bonds is 4. The summed E-state index contributed by atoms with van der Waals surface area (Å²) < 4.78 is 31.2. The number of aromatic nitrogens is 4. The lowest BCUT2D eigenvalue weighted by Gasteiger charge is -2.27. The second-order valence-electron chi connectivity index (χ2n) is 5.93. The molecule has 0 bridgehead atoms. The third kappa shape index (κ3) is 3.18. The van der Waals surface area contributed by atoms with E-state index < -0.39 is 10.0 Å². The first-order chi connectivity index (χ1) is 11.0. The molecule has 1 aliphatic heterocycles. The molecule has 0 saturated carbocycles. The molecule has 1 aliphatic rings. The Morgan fingerprint density at radius 2 is 2.13 bits per heavy atom. The Labute approximate surface area is 137 Å². The fourth-order valence-electron chi connectivity index (χ4n) is 3.06. The Bertz CT molecular complexity index is 764. The van der Waals surface area contributed by atoms with Gasteiger partial charge in [0.15, 0.2) is 0 Å². The van der Waals surface area contributed by atoms with Crippen molar-refractivity contribution in [3.63, 3.8) is 0 Å². The van der Waals surface area contributed by atoms with Crippen LogP contribution in [0.2, 0.25) is 0 Å². The van der Waals surface area contributed by atoms with Gasteiger partial charge in [-0.1, -0.05) is 12.8 Å². The molecular formula is C15H23N5O2S. The maximum atomic E-state index is 13.1. The molecule has 0 amide bonds. The molecule has 2 aromatic rings. The standard InChI is InChI=1S/C15H23N5O2S/c1-3-19-12-13(11-16-19)23(21,22)20-9-6-4-5-7-15(20)14-8-10-18(2)17-14/h8,10-12,15H,3-7,9H2,1-2H3/t15-/m1/s1. The van der Waals surface area contributed by atoms with E-state index in [1.54, 1.807) is 19.9 Å². The van der Waals surface area contributed by atoms with Crippen LogP contribution in [0.5, 0.6) is 0 Å². The molecule has 3 heterocycles. The first kappa shape index (κ1) is 16.2. The monoisotopic (exact) mass is 337 g/mol. The molecule has 1 saturated heterocycles. The van der Waals surface area contributed by atoms with E-state index in [-0.39, 0.29) is 10.9 Å². The Balaban J connectivity index is 1.98. The average Bonchev–Trinajstić information content (AvgIpc) is 3.10. The molecule has 7 nitrogen and oxygen atoms in total. The minimum Gasteiger partial charge on any atom is -0.275 e. The zero-order valence-corrected chi connectivity index (χ0v) is 14.4. The maximum absolute atomic E-state index is 13.1. The predicted octanol–water partition coefficient (Wildman–Crippen LogP) is 1.94. The van der Waals surface area contributed by atoms with Crippen LogP contribution in [0.15, 0.2) is 29.6 Å². The van der Waals surface area contributed by atoms with Gasteiger partial charge >= 0.3 is 0 Å². The van der Waals surface area contributed by atoms with Gasteiger partial charge in [-0.15, -0.1) is 0 Å². The van der Waals surface area contributed by atoms with Gasteiger partial charge in [0.25, 0.3) is 0 Å². The van der Waals surface area contributed by atoms with Crippen LogP contribution in [-0.4, -0.2) is 38.8 Å². The molecule has 1 fully saturated rings. The summed E-state index contributed by atoms with van der Waals surface area (Å²) in [4.78, 5) is 0.266. The molecule has 3 rings (SSSR count). The van der Waals surface area contributed by atoms with Gasteiger partial charge in [0.1, 0.15) is 4.90 Å². The molecule has 0 aliphatic carbocycles. The third-order valence-corrected chi connectivity index (χ3v) is 6.18.